The smallest absolute Gasteiger partial charge is 0.352 e. The molecular formula is C10H11NO4. The topological polar surface area (TPSA) is 61.6 Å². The van der Waals surface area contributed by atoms with Crippen molar-refractivity contribution in [3.05, 3.63) is 28.3 Å². The van der Waals surface area contributed by atoms with E-state index >= 15 is 0 Å². The van der Waals surface area contributed by atoms with Gasteiger partial charge in [-0.25, -0.2) is 0 Å². The highest BCUT2D eigenvalue weighted by atomic mass is 16.6. The van der Waals surface area contributed by atoms with E-state index < -0.39 is 4.92 Å². The minimum absolute atomic E-state index is 0.0908. The zero-order chi connectivity index (χ0) is 10.8. The quantitative estimate of drug-likeness (QED) is 0.563. The number of rotatable bonds is 4. The predicted octanol–water partition coefficient (Wildman–Crippen LogP) is 2.14. The Kier molecular flexibility index (Phi) is 2.45. The molecule has 80 valence electrons. The summed E-state index contributed by atoms with van der Waals surface area (Å²) in [6.45, 7) is 0. The second-order valence-electron chi connectivity index (χ2n) is 3.38. The molecule has 0 amide bonds. The number of hydrogen-bond donors (Lipinski definition) is 0. The third-order valence-electron chi connectivity index (χ3n) is 2.18. The molecule has 0 spiro atoms. The minimum atomic E-state index is -0.476. The number of ether oxygens (including phenoxy) is 2. The molecule has 1 aliphatic carbocycles. The van der Waals surface area contributed by atoms with Crippen LogP contribution in [0, 0.1) is 10.1 Å². The summed E-state index contributed by atoms with van der Waals surface area (Å²) in [6, 6.07) is 4.83. The second kappa shape index (κ2) is 3.76. The molecule has 0 unspecified atom stereocenters. The van der Waals surface area contributed by atoms with Crippen LogP contribution in [-0.4, -0.2) is 18.1 Å². The number of nitro groups is 1. The average Bonchev–Trinajstić information content (AvgIpc) is 3.01. The van der Waals surface area contributed by atoms with Crippen molar-refractivity contribution < 1.29 is 14.4 Å². The van der Waals surface area contributed by atoms with Crippen molar-refractivity contribution in [1.82, 2.24) is 0 Å². The van der Waals surface area contributed by atoms with Crippen LogP contribution >= 0.6 is 0 Å². The fourth-order valence-corrected chi connectivity index (χ4v) is 1.31. The van der Waals surface area contributed by atoms with Gasteiger partial charge >= 0.3 is 5.69 Å². The van der Waals surface area contributed by atoms with E-state index in [-0.39, 0.29) is 17.5 Å². The van der Waals surface area contributed by atoms with Crippen LogP contribution in [0.25, 0.3) is 0 Å². The predicted molar refractivity (Wildman–Crippen MR) is 53.3 cm³/mol. The first-order valence-electron chi connectivity index (χ1n) is 4.70. The maximum absolute atomic E-state index is 10.8. The van der Waals surface area contributed by atoms with Gasteiger partial charge in [0.1, 0.15) is 0 Å². The van der Waals surface area contributed by atoms with E-state index in [1.807, 2.05) is 0 Å². The first-order chi connectivity index (χ1) is 7.22. The van der Waals surface area contributed by atoms with Gasteiger partial charge < -0.3 is 9.47 Å². The van der Waals surface area contributed by atoms with Gasteiger partial charge in [-0.2, -0.15) is 0 Å². The van der Waals surface area contributed by atoms with Crippen LogP contribution in [0.3, 0.4) is 0 Å². The molecule has 5 heteroatoms. The van der Waals surface area contributed by atoms with Gasteiger partial charge in [0, 0.05) is 0 Å². The molecule has 0 aromatic heterocycles. The van der Waals surface area contributed by atoms with E-state index in [1.54, 1.807) is 18.2 Å². The molecule has 15 heavy (non-hydrogen) atoms. The van der Waals surface area contributed by atoms with Crippen molar-refractivity contribution in [1.29, 1.82) is 0 Å². The zero-order valence-electron chi connectivity index (χ0n) is 8.30. The lowest BCUT2D eigenvalue weighted by molar-refractivity contribution is -0.386. The number of benzene rings is 1. The Morgan fingerprint density at radius 2 is 2.07 bits per heavy atom. The lowest BCUT2D eigenvalue weighted by atomic mass is 10.2. The summed E-state index contributed by atoms with van der Waals surface area (Å²) in [5.41, 5.74) is -0.0908. The van der Waals surface area contributed by atoms with E-state index in [2.05, 4.69) is 0 Å². The molecule has 0 saturated heterocycles. The molecule has 0 aliphatic heterocycles. The Hall–Kier alpha value is -1.78. The maximum atomic E-state index is 10.8. The molecule has 2 rings (SSSR count). The van der Waals surface area contributed by atoms with Crippen molar-refractivity contribution in [2.75, 3.05) is 7.11 Å². The van der Waals surface area contributed by atoms with Gasteiger partial charge in [0.05, 0.1) is 18.1 Å². The Bertz CT molecular complexity index is 387. The molecule has 0 radical (unpaired) electrons. The van der Waals surface area contributed by atoms with E-state index in [9.17, 15) is 10.1 Å². The first-order valence-corrected chi connectivity index (χ1v) is 4.70. The fraction of sp³-hybridized carbons (Fsp3) is 0.400. The van der Waals surface area contributed by atoms with Gasteiger partial charge in [-0.3, -0.25) is 10.1 Å². The van der Waals surface area contributed by atoms with E-state index in [0.29, 0.717) is 5.75 Å². The molecule has 0 bridgehead atoms. The molecule has 1 saturated carbocycles. The van der Waals surface area contributed by atoms with Crippen LogP contribution < -0.4 is 9.47 Å². The minimum Gasteiger partial charge on any atom is -0.490 e. The van der Waals surface area contributed by atoms with Crippen molar-refractivity contribution in [2.24, 2.45) is 0 Å². The monoisotopic (exact) mass is 209 g/mol. The molecule has 0 atom stereocenters. The summed E-state index contributed by atoms with van der Waals surface area (Å²) in [7, 11) is 1.41. The number of nitrogens with zero attached hydrogens (tertiary/aromatic N) is 1. The van der Waals surface area contributed by atoms with Gasteiger partial charge in [-0.05, 0) is 25.0 Å². The third-order valence-corrected chi connectivity index (χ3v) is 2.18. The lowest BCUT2D eigenvalue weighted by Crippen LogP contribution is -2.01. The molecule has 0 heterocycles. The van der Waals surface area contributed by atoms with Crippen LogP contribution in [0.2, 0.25) is 0 Å². The highest BCUT2D eigenvalue weighted by molar-refractivity contribution is 5.57. The van der Waals surface area contributed by atoms with Crippen LogP contribution in [0.4, 0.5) is 5.69 Å². The van der Waals surface area contributed by atoms with Gasteiger partial charge in [-0.1, -0.05) is 6.07 Å². The molecule has 1 aliphatic rings. The highest BCUT2D eigenvalue weighted by Crippen LogP contribution is 2.39. The van der Waals surface area contributed by atoms with Gasteiger partial charge in [0.25, 0.3) is 0 Å². The van der Waals surface area contributed by atoms with Crippen molar-refractivity contribution in [2.45, 2.75) is 18.9 Å². The Morgan fingerprint density at radius 1 is 1.40 bits per heavy atom. The molecule has 0 N–H and O–H groups in total. The SMILES string of the molecule is COc1cccc(OC2CC2)c1[N+](=O)[O-]. The Balaban J connectivity index is 2.37. The summed E-state index contributed by atoms with van der Waals surface area (Å²) in [6.07, 6.45) is 2.07. The summed E-state index contributed by atoms with van der Waals surface area (Å²) >= 11 is 0. The normalized spacial score (nSPS) is 14.7. The summed E-state index contributed by atoms with van der Waals surface area (Å²) in [5.74, 6) is 0.528. The number of methoxy groups -OCH3 is 1. The molecule has 1 aromatic rings. The first kappa shape index (κ1) is 9.76. The average molecular weight is 209 g/mol. The third kappa shape index (κ3) is 2.01. The standard InChI is InChI=1S/C10H11NO4/c1-14-8-3-2-4-9(10(8)11(12)13)15-7-5-6-7/h2-4,7H,5-6H2,1H3. The van der Waals surface area contributed by atoms with Gasteiger partial charge in [0.15, 0.2) is 0 Å². The summed E-state index contributed by atoms with van der Waals surface area (Å²) in [5, 5.41) is 10.8. The second-order valence-corrected chi connectivity index (χ2v) is 3.38. The lowest BCUT2D eigenvalue weighted by Gasteiger charge is -2.07. The van der Waals surface area contributed by atoms with Crippen molar-refractivity contribution >= 4 is 5.69 Å². The summed E-state index contributed by atoms with van der Waals surface area (Å²) < 4.78 is 10.4. The number of para-hydroxylation sites is 1. The van der Waals surface area contributed by atoms with Crippen molar-refractivity contribution in [3.63, 3.8) is 0 Å². The molecule has 5 nitrogen and oxygen atoms in total. The molecule has 1 aromatic carbocycles. The van der Waals surface area contributed by atoms with E-state index in [4.69, 9.17) is 9.47 Å². The van der Waals surface area contributed by atoms with Crippen LogP contribution in [0.5, 0.6) is 11.5 Å². The van der Waals surface area contributed by atoms with Crippen LogP contribution in [-0.2, 0) is 0 Å². The summed E-state index contributed by atoms with van der Waals surface area (Å²) in [4.78, 5) is 10.4. The van der Waals surface area contributed by atoms with E-state index in [0.717, 1.165) is 12.8 Å². The van der Waals surface area contributed by atoms with Gasteiger partial charge in [-0.15, -0.1) is 0 Å². The molecule has 1 fully saturated rings. The van der Waals surface area contributed by atoms with Crippen molar-refractivity contribution in [3.8, 4) is 11.5 Å². The van der Waals surface area contributed by atoms with Crippen LogP contribution in [0.1, 0.15) is 12.8 Å². The fourth-order valence-electron chi connectivity index (χ4n) is 1.31. The maximum Gasteiger partial charge on any atom is 0.352 e. The van der Waals surface area contributed by atoms with Crippen LogP contribution in [0.15, 0.2) is 18.2 Å². The largest absolute Gasteiger partial charge is 0.490 e. The number of nitro benzene ring substituents is 1. The van der Waals surface area contributed by atoms with Gasteiger partial charge in [0.2, 0.25) is 11.5 Å². The zero-order valence-corrected chi connectivity index (χ0v) is 8.30. The number of hydrogen-bond acceptors (Lipinski definition) is 4. The Morgan fingerprint density at radius 3 is 2.60 bits per heavy atom. The molecular weight excluding hydrogens is 198 g/mol. The van der Waals surface area contributed by atoms with E-state index in [1.165, 1.54) is 7.11 Å². The highest BCUT2D eigenvalue weighted by Gasteiger charge is 2.29. The Labute approximate surface area is 86.8 Å².